The van der Waals surface area contributed by atoms with Crippen LogP contribution in [-0.4, -0.2) is 16.6 Å². The standard InChI is InChI=1S/C11H14O2/c12-6-10-8-1-7-2-9(10)5-11(13,3-7)4-8/h7-9,13H,1-5H2. The molecule has 0 aromatic heterocycles. The summed E-state index contributed by atoms with van der Waals surface area (Å²) in [6.45, 7) is 0. The van der Waals surface area contributed by atoms with Gasteiger partial charge < -0.3 is 5.11 Å². The van der Waals surface area contributed by atoms with E-state index in [4.69, 9.17) is 0 Å². The first-order valence-corrected chi connectivity index (χ1v) is 5.17. The lowest BCUT2D eigenvalue weighted by atomic mass is 9.52. The van der Waals surface area contributed by atoms with E-state index in [-0.39, 0.29) is 0 Å². The van der Waals surface area contributed by atoms with Crippen LogP contribution in [0.3, 0.4) is 0 Å². The van der Waals surface area contributed by atoms with Gasteiger partial charge in [0.15, 0.2) is 0 Å². The second-order valence-corrected chi connectivity index (χ2v) is 5.13. The van der Waals surface area contributed by atoms with Gasteiger partial charge in [-0.1, -0.05) is 0 Å². The predicted octanol–water partition coefficient (Wildman–Crippen LogP) is 1.32. The molecule has 0 saturated heterocycles. The number of carbonyl (C=O) groups excluding carboxylic acids is 1. The number of hydrogen-bond acceptors (Lipinski definition) is 2. The fourth-order valence-corrected chi connectivity index (χ4v) is 3.91. The Morgan fingerprint density at radius 1 is 1.23 bits per heavy atom. The highest BCUT2D eigenvalue weighted by Gasteiger charge is 2.52. The van der Waals surface area contributed by atoms with Crippen LogP contribution in [0.2, 0.25) is 0 Å². The molecule has 70 valence electrons. The minimum Gasteiger partial charge on any atom is -0.390 e. The van der Waals surface area contributed by atoms with Crippen molar-refractivity contribution in [1.29, 1.82) is 0 Å². The minimum atomic E-state index is -0.420. The quantitative estimate of drug-likeness (QED) is 0.568. The molecule has 4 rings (SSSR count). The molecule has 1 N–H and O–H groups in total. The molecule has 0 heterocycles. The zero-order chi connectivity index (χ0) is 9.05. The van der Waals surface area contributed by atoms with Gasteiger partial charge in [0.1, 0.15) is 5.94 Å². The van der Waals surface area contributed by atoms with E-state index in [1.165, 1.54) is 0 Å². The molecule has 0 radical (unpaired) electrons. The van der Waals surface area contributed by atoms with Crippen molar-refractivity contribution >= 4 is 5.94 Å². The first kappa shape index (κ1) is 7.78. The molecule has 0 spiro atoms. The van der Waals surface area contributed by atoms with Gasteiger partial charge in [-0.25, -0.2) is 4.79 Å². The molecule has 0 aromatic carbocycles. The maximum Gasteiger partial charge on any atom is 0.124 e. The molecule has 13 heavy (non-hydrogen) atoms. The molecular weight excluding hydrogens is 164 g/mol. The van der Waals surface area contributed by atoms with Crippen LogP contribution in [0.25, 0.3) is 0 Å². The number of rotatable bonds is 0. The summed E-state index contributed by atoms with van der Waals surface area (Å²) in [7, 11) is 0. The Morgan fingerprint density at radius 3 is 2.31 bits per heavy atom. The summed E-state index contributed by atoms with van der Waals surface area (Å²) >= 11 is 0. The Morgan fingerprint density at radius 2 is 1.85 bits per heavy atom. The molecule has 0 aliphatic heterocycles. The first-order valence-electron chi connectivity index (χ1n) is 5.17. The molecule has 4 fully saturated rings. The summed E-state index contributed by atoms with van der Waals surface area (Å²) in [5, 5.41) is 10.2. The van der Waals surface area contributed by atoms with E-state index in [9.17, 15) is 9.90 Å². The van der Waals surface area contributed by atoms with E-state index >= 15 is 0 Å². The van der Waals surface area contributed by atoms with Gasteiger partial charge in [-0.3, -0.25) is 0 Å². The summed E-state index contributed by atoms with van der Waals surface area (Å²) in [4.78, 5) is 10.8. The fraction of sp³-hybridized carbons (Fsp3) is 0.818. The highest BCUT2D eigenvalue weighted by atomic mass is 16.3. The highest BCUT2D eigenvalue weighted by molar-refractivity contribution is 5.56. The van der Waals surface area contributed by atoms with Gasteiger partial charge in [0.05, 0.1) is 5.60 Å². The number of aliphatic hydroxyl groups is 1. The van der Waals surface area contributed by atoms with Gasteiger partial charge in [0.2, 0.25) is 0 Å². The van der Waals surface area contributed by atoms with Gasteiger partial charge in [-0.05, 0) is 49.9 Å². The van der Waals surface area contributed by atoms with Crippen molar-refractivity contribution in [2.24, 2.45) is 17.8 Å². The smallest absolute Gasteiger partial charge is 0.124 e. The van der Waals surface area contributed by atoms with Crippen molar-refractivity contribution in [2.45, 2.75) is 37.7 Å². The summed E-state index contributed by atoms with van der Waals surface area (Å²) in [5.74, 6) is 3.54. The van der Waals surface area contributed by atoms with Crippen molar-refractivity contribution in [3.63, 3.8) is 0 Å². The van der Waals surface area contributed by atoms with E-state index in [0.29, 0.717) is 17.8 Å². The summed E-state index contributed by atoms with van der Waals surface area (Å²) in [6.07, 6.45) is 4.88. The second kappa shape index (κ2) is 2.26. The average Bonchev–Trinajstić information content (AvgIpc) is 2.00. The van der Waals surface area contributed by atoms with Crippen LogP contribution in [-0.2, 0) is 4.79 Å². The zero-order valence-corrected chi connectivity index (χ0v) is 7.62. The molecule has 2 nitrogen and oxygen atoms in total. The van der Waals surface area contributed by atoms with Gasteiger partial charge in [-0.2, -0.15) is 0 Å². The van der Waals surface area contributed by atoms with Gasteiger partial charge in [0, 0.05) is 5.57 Å². The molecule has 2 heteroatoms. The lowest BCUT2D eigenvalue weighted by Gasteiger charge is -2.54. The molecular formula is C11H14O2. The first-order chi connectivity index (χ1) is 6.20. The fourth-order valence-electron chi connectivity index (χ4n) is 3.91. The molecule has 2 unspecified atom stereocenters. The van der Waals surface area contributed by atoms with E-state index < -0.39 is 5.60 Å². The highest BCUT2D eigenvalue weighted by Crippen LogP contribution is 2.57. The topological polar surface area (TPSA) is 37.3 Å². The molecule has 2 atom stereocenters. The van der Waals surface area contributed by atoms with Crippen LogP contribution in [0.15, 0.2) is 5.57 Å². The Hall–Kier alpha value is -0.590. The Bertz CT molecular complexity index is 283. The van der Waals surface area contributed by atoms with Crippen LogP contribution in [0.5, 0.6) is 0 Å². The Labute approximate surface area is 77.6 Å². The molecule has 4 saturated carbocycles. The van der Waals surface area contributed by atoms with Crippen molar-refractivity contribution < 1.29 is 9.90 Å². The average molecular weight is 178 g/mol. The van der Waals surface area contributed by atoms with Gasteiger partial charge >= 0.3 is 0 Å². The summed E-state index contributed by atoms with van der Waals surface area (Å²) in [5.41, 5.74) is 0.567. The lowest BCUT2D eigenvalue weighted by Crippen LogP contribution is -2.51. The van der Waals surface area contributed by atoms with Crippen LogP contribution in [0.1, 0.15) is 32.1 Å². The molecule has 4 aliphatic carbocycles. The van der Waals surface area contributed by atoms with Crippen molar-refractivity contribution in [3.8, 4) is 0 Å². The normalized spacial score (nSPS) is 52.4. The van der Waals surface area contributed by atoms with Gasteiger partial charge in [-0.15, -0.1) is 0 Å². The maximum atomic E-state index is 10.8. The van der Waals surface area contributed by atoms with E-state index in [1.807, 2.05) is 0 Å². The van der Waals surface area contributed by atoms with Crippen LogP contribution >= 0.6 is 0 Å². The number of allylic oxidation sites excluding steroid dienone is 1. The van der Waals surface area contributed by atoms with E-state index in [0.717, 1.165) is 37.7 Å². The van der Waals surface area contributed by atoms with Crippen molar-refractivity contribution in [1.82, 2.24) is 0 Å². The largest absolute Gasteiger partial charge is 0.390 e. The monoisotopic (exact) mass is 178 g/mol. The van der Waals surface area contributed by atoms with Crippen LogP contribution < -0.4 is 0 Å². The minimum absolute atomic E-state index is 0.369. The zero-order valence-electron chi connectivity index (χ0n) is 7.62. The van der Waals surface area contributed by atoms with Crippen molar-refractivity contribution in [3.05, 3.63) is 5.57 Å². The van der Waals surface area contributed by atoms with Gasteiger partial charge in [0.25, 0.3) is 0 Å². The SMILES string of the molecule is O=C=C1C2CC3CC1CC(O)(C3)C2. The van der Waals surface area contributed by atoms with Crippen LogP contribution in [0.4, 0.5) is 0 Å². The molecule has 0 aromatic rings. The summed E-state index contributed by atoms with van der Waals surface area (Å²) in [6, 6.07) is 0. The Kier molecular flexibility index (Phi) is 1.35. The number of hydrogen-bond donors (Lipinski definition) is 1. The predicted molar refractivity (Wildman–Crippen MR) is 47.7 cm³/mol. The van der Waals surface area contributed by atoms with E-state index in [2.05, 4.69) is 5.94 Å². The second-order valence-electron chi connectivity index (χ2n) is 5.13. The maximum absolute atomic E-state index is 10.8. The molecule has 0 amide bonds. The van der Waals surface area contributed by atoms with E-state index in [1.54, 1.807) is 0 Å². The Balaban J connectivity index is 2.03. The third-order valence-corrected chi connectivity index (χ3v) is 4.15. The van der Waals surface area contributed by atoms with Crippen molar-refractivity contribution in [2.75, 3.05) is 0 Å². The third kappa shape index (κ3) is 0.962. The summed E-state index contributed by atoms with van der Waals surface area (Å²) < 4.78 is 0. The molecule has 4 bridgehead atoms. The molecule has 4 aliphatic rings. The third-order valence-electron chi connectivity index (χ3n) is 4.15. The van der Waals surface area contributed by atoms with Crippen LogP contribution in [0, 0.1) is 17.8 Å². The lowest BCUT2D eigenvalue weighted by molar-refractivity contribution is -0.0991.